The summed E-state index contributed by atoms with van der Waals surface area (Å²) in [7, 11) is 0. The molecular formula is C20H14N4O3S. The predicted molar refractivity (Wildman–Crippen MR) is 110 cm³/mol. The third kappa shape index (κ3) is 2.95. The minimum Gasteiger partial charge on any atom is -0.397 e. The van der Waals surface area contributed by atoms with Gasteiger partial charge in [-0.25, -0.2) is 4.98 Å². The van der Waals surface area contributed by atoms with Crippen molar-refractivity contribution >= 4 is 38.8 Å². The highest BCUT2D eigenvalue weighted by atomic mass is 32.1. The first kappa shape index (κ1) is 17.6. The minimum atomic E-state index is -0.633. The van der Waals surface area contributed by atoms with Crippen LogP contribution >= 0.6 is 11.3 Å². The summed E-state index contributed by atoms with van der Waals surface area (Å²) < 4.78 is 0. The van der Waals surface area contributed by atoms with Crippen LogP contribution in [0.4, 0.5) is 11.4 Å². The first-order valence-electron chi connectivity index (χ1n) is 8.29. The monoisotopic (exact) mass is 390 g/mol. The maximum absolute atomic E-state index is 11.8. The summed E-state index contributed by atoms with van der Waals surface area (Å²) in [6.07, 6.45) is 0. The van der Waals surface area contributed by atoms with E-state index in [0.29, 0.717) is 27.0 Å². The Morgan fingerprint density at radius 3 is 2.43 bits per heavy atom. The van der Waals surface area contributed by atoms with Crippen LogP contribution in [0.2, 0.25) is 0 Å². The zero-order chi connectivity index (χ0) is 19.8. The second-order valence-electron chi connectivity index (χ2n) is 6.12. The number of benzene rings is 2. The number of fused-ring (bicyclic) bond motifs is 1. The van der Waals surface area contributed by atoms with E-state index in [-0.39, 0.29) is 16.3 Å². The largest absolute Gasteiger partial charge is 0.397 e. The van der Waals surface area contributed by atoms with Gasteiger partial charge in [-0.2, -0.15) is 0 Å². The Morgan fingerprint density at radius 1 is 1.04 bits per heavy atom. The fraction of sp³-hybridized carbons (Fsp3) is 0. The highest BCUT2D eigenvalue weighted by Crippen LogP contribution is 2.41. The molecule has 0 radical (unpaired) electrons. The molecule has 0 fully saturated rings. The van der Waals surface area contributed by atoms with Gasteiger partial charge in [-0.1, -0.05) is 42.5 Å². The molecule has 0 atom stereocenters. The normalized spacial score (nSPS) is 10.9. The molecule has 0 aliphatic heterocycles. The number of rotatable bonds is 4. The van der Waals surface area contributed by atoms with Gasteiger partial charge in [0.1, 0.15) is 9.71 Å². The number of nitrogens with zero attached hydrogens (tertiary/aromatic N) is 2. The molecule has 8 heteroatoms. The van der Waals surface area contributed by atoms with E-state index in [1.165, 1.54) is 12.1 Å². The lowest BCUT2D eigenvalue weighted by atomic mass is 9.99. The molecule has 4 N–H and O–H groups in total. The van der Waals surface area contributed by atoms with Gasteiger partial charge in [0.25, 0.3) is 11.6 Å². The first-order valence-corrected chi connectivity index (χ1v) is 9.10. The quantitative estimate of drug-likeness (QED) is 0.399. The number of hydrogen-bond donors (Lipinski definition) is 2. The fourth-order valence-electron chi connectivity index (χ4n) is 3.08. The molecule has 0 aliphatic carbocycles. The van der Waals surface area contributed by atoms with Crippen molar-refractivity contribution in [2.75, 3.05) is 5.73 Å². The van der Waals surface area contributed by atoms with Crippen molar-refractivity contribution < 1.29 is 9.72 Å². The number of nitro benzene ring substituents is 1. The second-order valence-corrected chi connectivity index (χ2v) is 7.12. The third-order valence-electron chi connectivity index (χ3n) is 4.36. The van der Waals surface area contributed by atoms with Gasteiger partial charge in [0, 0.05) is 23.1 Å². The highest BCUT2D eigenvalue weighted by Gasteiger charge is 2.21. The molecule has 4 rings (SSSR count). The van der Waals surface area contributed by atoms with Gasteiger partial charge >= 0.3 is 0 Å². The molecule has 2 aromatic heterocycles. The number of nitro groups is 1. The summed E-state index contributed by atoms with van der Waals surface area (Å²) in [5.41, 5.74) is 14.7. The van der Waals surface area contributed by atoms with Gasteiger partial charge in [0.15, 0.2) is 0 Å². The van der Waals surface area contributed by atoms with E-state index < -0.39 is 10.8 Å². The average Bonchev–Trinajstić information content (AvgIpc) is 3.05. The molecule has 0 saturated heterocycles. The maximum Gasteiger partial charge on any atom is 0.270 e. The number of primary amides is 1. The molecule has 0 spiro atoms. The fourth-order valence-corrected chi connectivity index (χ4v) is 4.05. The molecule has 4 aromatic rings. The van der Waals surface area contributed by atoms with Gasteiger partial charge < -0.3 is 11.5 Å². The number of nitrogens with two attached hydrogens (primary N) is 2. The molecular weight excluding hydrogens is 376 g/mol. The van der Waals surface area contributed by atoms with Gasteiger partial charge in [-0.15, -0.1) is 11.3 Å². The number of pyridine rings is 1. The van der Waals surface area contributed by atoms with Gasteiger partial charge in [0.05, 0.1) is 16.3 Å². The smallest absolute Gasteiger partial charge is 0.270 e. The Morgan fingerprint density at radius 2 is 1.75 bits per heavy atom. The Bertz CT molecular complexity index is 1240. The summed E-state index contributed by atoms with van der Waals surface area (Å²) in [5, 5.41) is 11.8. The van der Waals surface area contributed by atoms with E-state index >= 15 is 0 Å². The Balaban J connectivity index is 2.06. The van der Waals surface area contributed by atoms with Crippen molar-refractivity contribution in [3.8, 4) is 22.4 Å². The van der Waals surface area contributed by atoms with E-state index in [4.69, 9.17) is 11.5 Å². The van der Waals surface area contributed by atoms with E-state index in [2.05, 4.69) is 4.98 Å². The zero-order valence-corrected chi connectivity index (χ0v) is 15.3. The summed E-state index contributed by atoms with van der Waals surface area (Å²) in [6.45, 7) is 0. The van der Waals surface area contributed by atoms with Crippen molar-refractivity contribution in [2.45, 2.75) is 0 Å². The first-order chi connectivity index (χ1) is 13.5. The number of nitrogen functional groups attached to an aromatic ring is 1. The highest BCUT2D eigenvalue weighted by molar-refractivity contribution is 7.21. The van der Waals surface area contributed by atoms with Crippen LogP contribution in [0.5, 0.6) is 0 Å². The van der Waals surface area contributed by atoms with Gasteiger partial charge in [0.2, 0.25) is 0 Å². The van der Waals surface area contributed by atoms with Gasteiger partial charge in [-0.3, -0.25) is 14.9 Å². The van der Waals surface area contributed by atoms with Crippen molar-refractivity contribution in [1.82, 2.24) is 4.98 Å². The SMILES string of the molecule is NC(=O)c1sc2nc(-c3ccccc3)cc(-c3cccc([N+](=O)[O-])c3)c2c1N. The summed E-state index contributed by atoms with van der Waals surface area (Å²) in [6, 6.07) is 17.6. The number of anilines is 1. The van der Waals surface area contributed by atoms with Crippen molar-refractivity contribution in [3.05, 3.63) is 75.7 Å². The maximum atomic E-state index is 11.8. The Labute approximate surface area is 163 Å². The van der Waals surface area contributed by atoms with Crippen molar-refractivity contribution in [1.29, 1.82) is 0 Å². The van der Waals surface area contributed by atoms with Crippen molar-refractivity contribution in [3.63, 3.8) is 0 Å². The molecule has 0 saturated carbocycles. The van der Waals surface area contributed by atoms with E-state index in [9.17, 15) is 14.9 Å². The number of carbonyl (C=O) groups is 1. The molecule has 2 heterocycles. The topological polar surface area (TPSA) is 125 Å². The van der Waals surface area contributed by atoms with Crippen LogP contribution in [0, 0.1) is 10.1 Å². The molecule has 0 unspecified atom stereocenters. The summed E-state index contributed by atoms with van der Waals surface area (Å²) >= 11 is 1.12. The summed E-state index contributed by atoms with van der Waals surface area (Å²) in [5.74, 6) is -0.633. The number of non-ortho nitro benzene ring substituents is 1. The Hall–Kier alpha value is -3.78. The third-order valence-corrected chi connectivity index (χ3v) is 5.47. The van der Waals surface area contributed by atoms with Gasteiger partial charge in [-0.05, 0) is 17.2 Å². The molecule has 2 aromatic carbocycles. The lowest BCUT2D eigenvalue weighted by Crippen LogP contribution is -2.10. The molecule has 0 aliphatic rings. The lowest BCUT2D eigenvalue weighted by Gasteiger charge is -2.09. The molecule has 0 bridgehead atoms. The minimum absolute atomic E-state index is 0.0346. The molecule has 1 amide bonds. The van der Waals surface area contributed by atoms with E-state index in [1.54, 1.807) is 12.1 Å². The van der Waals surface area contributed by atoms with Crippen LogP contribution in [0.3, 0.4) is 0 Å². The predicted octanol–water partition coefficient (Wildman–Crippen LogP) is 4.22. The summed E-state index contributed by atoms with van der Waals surface area (Å²) in [4.78, 5) is 27.9. The van der Waals surface area contributed by atoms with Crippen LogP contribution in [-0.4, -0.2) is 15.8 Å². The van der Waals surface area contributed by atoms with Crippen LogP contribution in [0.15, 0.2) is 60.7 Å². The van der Waals surface area contributed by atoms with Crippen LogP contribution in [0.25, 0.3) is 32.6 Å². The van der Waals surface area contributed by atoms with E-state index in [1.807, 2.05) is 36.4 Å². The Kier molecular flexibility index (Phi) is 4.25. The number of aromatic nitrogens is 1. The number of thiophene rings is 1. The standard InChI is InChI=1S/C20H14N4O3S/c21-17-16-14(12-7-4-8-13(9-12)24(26)27)10-15(11-5-2-1-3-6-11)23-20(16)28-18(17)19(22)25/h1-10H,21H2,(H2,22,25). The number of amides is 1. The molecule has 138 valence electrons. The zero-order valence-electron chi connectivity index (χ0n) is 14.5. The second kappa shape index (κ2) is 6.75. The van der Waals surface area contributed by atoms with Crippen LogP contribution in [-0.2, 0) is 0 Å². The van der Waals surface area contributed by atoms with E-state index in [0.717, 1.165) is 16.9 Å². The van der Waals surface area contributed by atoms with Crippen LogP contribution in [0.1, 0.15) is 9.67 Å². The molecule has 28 heavy (non-hydrogen) atoms. The van der Waals surface area contributed by atoms with Crippen LogP contribution < -0.4 is 11.5 Å². The number of hydrogen-bond acceptors (Lipinski definition) is 6. The lowest BCUT2D eigenvalue weighted by molar-refractivity contribution is -0.384. The number of carbonyl (C=O) groups excluding carboxylic acids is 1. The van der Waals surface area contributed by atoms with Crippen molar-refractivity contribution in [2.24, 2.45) is 5.73 Å². The molecule has 7 nitrogen and oxygen atoms in total. The average molecular weight is 390 g/mol.